The zero-order valence-electron chi connectivity index (χ0n) is 22.6. The van der Waals surface area contributed by atoms with Crippen LogP contribution in [0.1, 0.15) is 53.5 Å². The molecule has 8 nitrogen and oxygen atoms in total. The summed E-state index contributed by atoms with van der Waals surface area (Å²) in [5.74, 6) is -0.674. The molecule has 6 rings (SSSR count). The van der Waals surface area contributed by atoms with Crippen molar-refractivity contribution in [2.24, 2.45) is 18.4 Å². The van der Waals surface area contributed by atoms with Crippen molar-refractivity contribution in [1.82, 2.24) is 24.5 Å². The van der Waals surface area contributed by atoms with Gasteiger partial charge in [-0.3, -0.25) is 14.5 Å². The number of hydrogen-bond acceptors (Lipinski definition) is 6. The molecule has 3 heterocycles. The van der Waals surface area contributed by atoms with Crippen molar-refractivity contribution in [3.05, 3.63) is 95.1 Å². The summed E-state index contributed by atoms with van der Waals surface area (Å²) < 4.78 is 44.0. The predicted molar refractivity (Wildman–Crippen MR) is 148 cm³/mol. The summed E-state index contributed by atoms with van der Waals surface area (Å²) in [5, 5.41) is 7.94. The Hall–Kier alpha value is -3.92. The van der Waals surface area contributed by atoms with Gasteiger partial charge in [0.1, 0.15) is 16.4 Å². The number of nitrogens with zero attached hydrogens (tertiary/aromatic N) is 5. The van der Waals surface area contributed by atoms with Crippen LogP contribution in [-0.2, 0) is 23.3 Å². The number of allylic oxidation sites excluding steroid dienone is 1. The highest BCUT2D eigenvalue weighted by Gasteiger charge is 2.51. The number of rotatable bonds is 6. The third-order valence-electron chi connectivity index (χ3n) is 8.51. The molecule has 1 fully saturated rings. The average Bonchev–Trinajstić information content (AvgIpc) is 3.57. The van der Waals surface area contributed by atoms with E-state index < -0.39 is 20.5 Å². The Morgan fingerprint density at radius 2 is 1.88 bits per heavy atom. The van der Waals surface area contributed by atoms with Gasteiger partial charge in [0.2, 0.25) is 0 Å². The Morgan fingerprint density at radius 1 is 1.10 bits per heavy atom. The summed E-state index contributed by atoms with van der Waals surface area (Å²) >= 11 is 0. The van der Waals surface area contributed by atoms with Crippen molar-refractivity contribution in [3.8, 4) is 5.69 Å². The van der Waals surface area contributed by atoms with Crippen LogP contribution in [0.4, 0.5) is 4.39 Å². The second-order valence-corrected chi connectivity index (χ2v) is 13.3. The molecule has 206 valence electrons. The maximum Gasteiger partial charge on any atom is 0.191 e. The van der Waals surface area contributed by atoms with E-state index in [0.717, 1.165) is 28.1 Å². The van der Waals surface area contributed by atoms with Crippen LogP contribution >= 0.6 is 0 Å². The molecular formula is C30H30FN5O3S. The second kappa shape index (κ2) is 9.62. The van der Waals surface area contributed by atoms with E-state index in [0.29, 0.717) is 31.4 Å². The molecule has 2 aliphatic carbocycles. The zero-order chi connectivity index (χ0) is 28.2. The van der Waals surface area contributed by atoms with Gasteiger partial charge in [-0.05, 0) is 93.0 Å². The minimum absolute atomic E-state index is 0.102. The van der Waals surface area contributed by atoms with Gasteiger partial charge in [-0.25, -0.2) is 17.5 Å². The van der Waals surface area contributed by atoms with E-state index in [4.69, 9.17) is 0 Å². The minimum atomic E-state index is -3.65. The van der Waals surface area contributed by atoms with Gasteiger partial charge in [-0.2, -0.15) is 10.2 Å². The average molecular weight is 560 g/mol. The first-order valence-electron chi connectivity index (χ1n) is 13.3. The molecule has 0 spiro atoms. The SMILES string of the molecule is Cc1ccc(C(=O)[C@]23Cc4cnn(-c5ccc(F)cc5)c4C=C2CC[C@H]([C@@H](C)S(=O)(=O)c2cnn(C)c2)C3)nc1. The molecule has 0 radical (unpaired) electrons. The molecule has 0 amide bonds. The molecule has 10 heteroatoms. The highest BCUT2D eigenvalue weighted by Crippen LogP contribution is 2.53. The summed E-state index contributed by atoms with van der Waals surface area (Å²) in [6.45, 7) is 3.66. The predicted octanol–water partition coefficient (Wildman–Crippen LogP) is 4.92. The minimum Gasteiger partial charge on any atom is -0.291 e. The van der Waals surface area contributed by atoms with Crippen LogP contribution in [0, 0.1) is 24.1 Å². The Morgan fingerprint density at radius 3 is 2.55 bits per heavy atom. The molecule has 0 N–H and O–H groups in total. The second-order valence-electron chi connectivity index (χ2n) is 11.0. The quantitative estimate of drug-likeness (QED) is 0.311. The first kappa shape index (κ1) is 26.3. The lowest BCUT2D eigenvalue weighted by Crippen LogP contribution is -2.45. The number of carbonyl (C=O) groups excluding carboxylic acids is 1. The molecule has 2 aliphatic rings. The number of hydrogen-bond donors (Lipinski definition) is 0. The van der Waals surface area contributed by atoms with Crippen LogP contribution < -0.4 is 0 Å². The molecule has 0 unspecified atom stereocenters. The topological polar surface area (TPSA) is 99.7 Å². The van der Waals surface area contributed by atoms with E-state index in [2.05, 4.69) is 15.2 Å². The van der Waals surface area contributed by atoms with Gasteiger partial charge in [-0.1, -0.05) is 11.6 Å². The number of Topliss-reactive ketones (excluding diaryl/α,β-unsaturated/α-hetero) is 1. The van der Waals surface area contributed by atoms with Crippen molar-refractivity contribution in [2.75, 3.05) is 0 Å². The van der Waals surface area contributed by atoms with E-state index >= 15 is 0 Å². The number of pyridine rings is 1. The van der Waals surface area contributed by atoms with Gasteiger partial charge in [0.25, 0.3) is 0 Å². The number of fused-ring (bicyclic) bond motifs is 2. The van der Waals surface area contributed by atoms with Gasteiger partial charge in [0.15, 0.2) is 15.6 Å². The standard InChI is InChI=1S/C30H30FN5O3S/c1-19-4-11-27(32-15-19)29(37)30-13-21(20(2)40(38,39)26-17-33-35(3)18-26)5-6-23(30)12-28-22(14-30)16-34-36(28)25-9-7-24(31)8-10-25/h4,7-12,15-18,20-21H,5-6,13-14H2,1-3H3/t20-,21+,30-/m1/s1. The molecule has 3 atom stereocenters. The molecule has 4 aromatic rings. The van der Waals surface area contributed by atoms with Gasteiger partial charge < -0.3 is 0 Å². The molecule has 1 saturated carbocycles. The van der Waals surface area contributed by atoms with Gasteiger partial charge in [0.05, 0.1) is 34.4 Å². The highest BCUT2D eigenvalue weighted by molar-refractivity contribution is 7.92. The monoisotopic (exact) mass is 559 g/mol. The molecule has 1 aromatic carbocycles. The van der Waals surface area contributed by atoms with Crippen LogP contribution in [-0.4, -0.2) is 44.0 Å². The number of sulfone groups is 1. The number of halogens is 1. The lowest BCUT2D eigenvalue weighted by Gasteiger charge is -2.45. The Kier molecular flexibility index (Phi) is 6.33. The zero-order valence-corrected chi connectivity index (χ0v) is 23.4. The van der Waals surface area contributed by atoms with Gasteiger partial charge in [0, 0.05) is 19.4 Å². The van der Waals surface area contributed by atoms with Crippen molar-refractivity contribution in [2.45, 2.75) is 49.7 Å². The van der Waals surface area contributed by atoms with Gasteiger partial charge in [-0.15, -0.1) is 0 Å². The third kappa shape index (κ3) is 4.30. The lowest BCUT2D eigenvalue weighted by atomic mass is 9.58. The highest BCUT2D eigenvalue weighted by atomic mass is 32.2. The van der Waals surface area contributed by atoms with Crippen molar-refractivity contribution in [3.63, 3.8) is 0 Å². The first-order valence-corrected chi connectivity index (χ1v) is 14.9. The molecule has 40 heavy (non-hydrogen) atoms. The van der Waals surface area contributed by atoms with Crippen LogP contribution in [0.25, 0.3) is 11.8 Å². The van der Waals surface area contributed by atoms with Crippen LogP contribution in [0.3, 0.4) is 0 Å². The molecular weight excluding hydrogens is 529 g/mol. The van der Waals surface area contributed by atoms with E-state index in [9.17, 15) is 17.6 Å². The van der Waals surface area contributed by atoms with E-state index in [1.54, 1.807) is 49.2 Å². The fraction of sp³-hybridized carbons (Fsp3) is 0.333. The number of carbonyl (C=O) groups is 1. The molecule has 0 aliphatic heterocycles. The largest absolute Gasteiger partial charge is 0.291 e. The van der Waals surface area contributed by atoms with E-state index in [1.165, 1.54) is 29.2 Å². The van der Waals surface area contributed by atoms with Crippen molar-refractivity contribution in [1.29, 1.82) is 0 Å². The van der Waals surface area contributed by atoms with Crippen LogP contribution in [0.15, 0.2) is 71.7 Å². The fourth-order valence-electron chi connectivity index (χ4n) is 6.20. The Labute approximate surface area is 232 Å². The number of aromatic nitrogens is 5. The lowest BCUT2D eigenvalue weighted by molar-refractivity contribution is 0.0753. The van der Waals surface area contributed by atoms with Crippen molar-refractivity contribution >= 4 is 21.7 Å². The summed E-state index contributed by atoms with van der Waals surface area (Å²) in [7, 11) is -1.96. The number of benzene rings is 1. The fourth-order valence-corrected chi connectivity index (χ4v) is 7.86. The summed E-state index contributed by atoms with van der Waals surface area (Å²) in [4.78, 5) is 19.0. The third-order valence-corrected chi connectivity index (χ3v) is 10.7. The van der Waals surface area contributed by atoms with Crippen molar-refractivity contribution < 1.29 is 17.6 Å². The Bertz CT molecular complexity index is 1740. The molecule has 3 aromatic heterocycles. The van der Waals surface area contributed by atoms with Crippen LogP contribution in [0.5, 0.6) is 0 Å². The normalized spacial score (nSPS) is 21.3. The van der Waals surface area contributed by atoms with Crippen LogP contribution in [0.2, 0.25) is 0 Å². The molecule has 0 saturated heterocycles. The summed E-state index contributed by atoms with van der Waals surface area (Å²) in [6, 6.07) is 9.76. The van der Waals surface area contributed by atoms with E-state index in [1.807, 2.05) is 19.1 Å². The number of aryl methyl sites for hydroxylation is 2. The smallest absolute Gasteiger partial charge is 0.191 e. The summed E-state index contributed by atoms with van der Waals surface area (Å²) in [5.41, 5.74) is 3.81. The maximum absolute atomic E-state index is 14.3. The first-order chi connectivity index (χ1) is 19.1. The summed E-state index contributed by atoms with van der Waals surface area (Å²) in [6.07, 6.45) is 10.3. The Balaban J connectivity index is 1.42. The number of ketones is 1. The van der Waals surface area contributed by atoms with E-state index in [-0.39, 0.29) is 22.4 Å². The van der Waals surface area contributed by atoms with Gasteiger partial charge >= 0.3 is 0 Å². The molecule has 0 bridgehead atoms. The maximum atomic E-state index is 14.3.